The molecule has 3 rings (SSSR count). The molecule has 2 aromatic carbocycles. The molecule has 2 aromatic rings. The molecule has 0 spiro atoms. The van der Waals surface area contributed by atoms with Gasteiger partial charge in [0, 0.05) is 6.54 Å². The highest BCUT2D eigenvalue weighted by molar-refractivity contribution is 8.18. The number of para-hydroxylation sites is 1. The summed E-state index contributed by atoms with van der Waals surface area (Å²) in [6.45, 7) is 9.94. The second-order valence-corrected chi connectivity index (χ2v) is 11.7. The predicted molar refractivity (Wildman–Crippen MR) is 176 cm³/mol. The molecule has 0 aromatic heterocycles. The molecule has 0 unspecified atom stereocenters. The Labute approximate surface area is 273 Å². The predicted octanol–water partition coefficient (Wildman–Crippen LogP) is 5.54. The molecule has 250 valence electrons. The largest absolute Gasteiger partial charge is 0.506 e. The Morgan fingerprint density at radius 1 is 0.913 bits per heavy atom. The number of aliphatic hydroxyl groups is 1. The van der Waals surface area contributed by atoms with Crippen LogP contribution in [0, 0.1) is 0 Å². The van der Waals surface area contributed by atoms with E-state index < -0.39 is 17.7 Å². The Hall–Kier alpha value is -4.04. The van der Waals surface area contributed by atoms with Crippen molar-refractivity contribution in [3.05, 3.63) is 70.3 Å². The zero-order valence-corrected chi connectivity index (χ0v) is 27.4. The van der Waals surface area contributed by atoms with E-state index in [-0.39, 0.29) is 42.7 Å². The summed E-state index contributed by atoms with van der Waals surface area (Å²) in [7, 11) is 0. The first-order valence-corrected chi connectivity index (χ1v) is 15.7. The van der Waals surface area contributed by atoms with E-state index in [1.54, 1.807) is 58.0 Å². The molecular weight excluding hydrogens is 616 g/mol. The number of aliphatic hydroxyl groups excluding tert-OH is 1. The highest BCUT2D eigenvalue weighted by atomic mass is 32.2. The number of esters is 1. The van der Waals surface area contributed by atoms with Gasteiger partial charge in [-0.15, -0.1) is 0 Å². The van der Waals surface area contributed by atoms with Crippen molar-refractivity contribution in [3.63, 3.8) is 0 Å². The minimum atomic E-state index is -0.665. The number of carbonyl (C=O) groups is 2. The summed E-state index contributed by atoms with van der Waals surface area (Å²) in [5, 5.41) is 24.3. The minimum absolute atomic E-state index is 0.00504. The summed E-state index contributed by atoms with van der Waals surface area (Å²) < 4.78 is 32.3. The molecule has 0 aliphatic carbocycles. The zero-order valence-electron chi connectivity index (χ0n) is 26.6. The lowest BCUT2D eigenvalue weighted by molar-refractivity contribution is -0.138. The fourth-order valence-electron chi connectivity index (χ4n) is 3.80. The molecule has 1 aliphatic rings. The number of amides is 1. The van der Waals surface area contributed by atoms with Gasteiger partial charge in [0.2, 0.25) is 0 Å². The van der Waals surface area contributed by atoms with Gasteiger partial charge in [-0.1, -0.05) is 36.0 Å². The van der Waals surface area contributed by atoms with Crippen LogP contribution in [0.15, 0.2) is 69.8 Å². The third-order valence-electron chi connectivity index (χ3n) is 5.78. The molecule has 0 saturated carbocycles. The number of thioether (sulfide) groups is 1. The summed E-state index contributed by atoms with van der Waals surface area (Å²) in [4.78, 5) is 29.1. The molecule has 0 saturated heterocycles. The highest BCUT2D eigenvalue weighted by Crippen LogP contribution is 2.41. The number of nitrogens with one attached hydrogen (secondary N) is 1. The van der Waals surface area contributed by atoms with Crippen LogP contribution in [0.25, 0.3) is 6.08 Å². The number of aromatic hydroxyl groups is 1. The molecule has 3 N–H and O–H groups in total. The Morgan fingerprint density at radius 2 is 1.57 bits per heavy atom. The topological polar surface area (TPSA) is 154 Å². The summed E-state index contributed by atoms with van der Waals surface area (Å²) in [6.07, 6.45) is 1.16. The zero-order chi connectivity index (χ0) is 33.4. The highest BCUT2D eigenvalue weighted by Gasteiger charge is 2.33. The summed E-state index contributed by atoms with van der Waals surface area (Å²) >= 11 is 1.14. The average Bonchev–Trinajstić information content (AvgIpc) is 3.29. The lowest BCUT2D eigenvalue weighted by Crippen LogP contribution is -2.34. The lowest BCUT2D eigenvalue weighted by atomic mass is 10.1. The molecule has 0 bridgehead atoms. The molecule has 0 atom stereocenters. The van der Waals surface area contributed by atoms with Crippen molar-refractivity contribution in [2.45, 2.75) is 33.3 Å². The summed E-state index contributed by atoms with van der Waals surface area (Å²) in [5.41, 5.74) is 0.668. The number of benzene rings is 2. The number of hydrogen-bond acceptors (Lipinski definition) is 12. The standard InChI is InChI=1S/C33H42N2O10S/c1-5-43-31(38)28-29(37)27(46-30(28)35-24-9-7-6-8-10-24)22-23-11-12-26(25(36)21-23)44-20-19-42-18-17-41-16-15-40-14-13-34-32(39)45-33(2,3)4/h6-12,21-22,36-37H,5,13-20H2,1-4H3,(H,34,39)/b27-22-,35-30?. The van der Waals surface area contributed by atoms with E-state index in [9.17, 15) is 19.8 Å². The van der Waals surface area contributed by atoms with Crippen LogP contribution in [-0.4, -0.2) is 92.3 Å². The average molecular weight is 659 g/mol. The first kappa shape index (κ1) is 36.4. The Balaban J connectivity index is 1.37. The number of hydrogen-bond donors (Lipinski definition) is 3. The van der Waals surface area contributed by atoms with Crippen LogP contribution in [0.3, 0.4) is 0 Å². The van der Waals surface area contributed by atoms with Crippen LogP contribution in [0.5, 0.6) is 11.5 Å². The van der Waals surface area contributed by atoms with Crippen molar-refractivity contribution in [1.82, 2.24) is 5.32 Å². The van der Waals surface area contributed by atoms with Gasteiger partial charge < -0.3 is 44.0 Å². The SMILES string of the molecule is CCOC(=O)C1=C(O)/C(=C/c2ccc(OCCOCCOCCOCCNC(=O)OC(C)(C)C)c(O)c2)SC1=Nc1ccccc1. The van der Waals surface area contributed by atoms with E-state index in [4.69, 9.17) is 28.4 Å². The molecule has 13 heteroatoms. The van der Waals surface area contributed by atoms with Gasteiger partial charge in [0.1, 0.15) is 28.6 Å². The van der Waals surface area contributed by atoms with E-state index in [1.807, 2.05) is 18.2 Å². The maximum atomic E-state index is 12.6. The number of nitrogens with zero attached hydrogens (tertiary/aromatic N) is 1. The van der Waals surface area contributed by atoms with E-state index in [0.29, 0.717) is 60.8 Å². The van der Waals surface area contributed by atoms with Gasteiger partial charge in [-0.25, -0.2) is 14.6 Å². The third-order valence-corrected chi connectivity index (χ3v) is 6.80. The van der Waals surface area contributed by atoms with Gasteiger partial charge >= 0.3 is 12.1 Å². The fraction of sp³-hybridized carbons (Fsp3) is 0.424. The summed E-state index contributed by atoms with van der Waals surface area (Å²) in [5.74, 6) is -0.715. The Morgan fingerprint density at radius 3 is 2.20 bits per heavy atom. The summed E-state index contributed by atoms with van der Waals surface area (Å²) in [6, 6.07) is 13.9. The number of phenolic OH excluding ortho intramolecular Hbond substituents is 1. The van der Waals surface area contributed by atoms with Gasteiger partial charge in [0.25, 0.3) is 0 Å². The van der Waals surface area contributed by atoms with Crippen molar-refractivity contribution in [1.29, 1.82) is 0 Å². The van der Waals surface area contributed by atoms with E-state index in [1.165, 1.54) is 6.07 Å². The van der Waals surface area contributed by atoms with Gasteiger partial charge in [-0.2, -0.15) is 0 Å². The van der Waals surface area contributed by atoms with E-state index in [0.717, 1.165) is 11.8 Å². The van der Waals surface area contributed by atoms with Crippen molar-refractivity contribution < 1.29 is 48.2 Å². The molecule has 0 fully saturated rings. The maximum Gasteiger partial charge on any atom is 0.407 e. The van der Waals surface area contributed by atoms with Crippen LogP contribution < -0.4 is 10.1 Å². The Bertz CT molecular complexity index is 1390. The van der Waals surface area contributed by atoms with Gasteiger partial charge in [-0.3, -0.25) is 0 Å². The minimum Gasteiger partial charge on any atom is -0.506 e. The number of aliphatic imine (C=N–C) groups is 1. The maximum absolute atomic E-state index is 12.6. The van der Waals surface area contributed by atoms with Gasteiger partial charge in [0.05, 0.1) is 56.8 Å². The second kappa shape index (κ2) is 18.8. The molecule has 0 radical (unpaired) electrons. The first-order chi connectivity index (χ1) is 22.1. The van der Waals surface area contributed by atoms with Crippen molar-refractivity contribution in [2.24, 2.45) is 4.99 Å². The van der Waals surface area contributed by atoms with Crippen LogP contribution in [0.2, 0.25) is 0 Å². The van der Waals surface area contributed by atoms with E-state index >= 15 is 0 Å². The monoisotopic (exact) mass is 658 g/mol. The number of ether oxygens (including phenoxy) is 6. The Kier molecular flexibility index (Phi) is 14.9. The van der Waals surface area contributed by atoms with Crippen molar-refractivity contribution in [2.75, 3.05) is 59.4 Å². The van der Waals surface area contributed by atoms with Crippen LogP contribution in [0.1, 0.15) is 33.3 Å². The van der Waals surface area contributed by atoms with E-state index in [2.05, 4.69) is 10.3 Å². The fourth-order valence-corrected chi connectivity index (χ4v) is 4.84. The smallest absolute Gasteiger partial charge is 0.407 e. The van der Waals surface area contributed by atoms with Crippen LogP contribution >= 0.6 is 11.8 Å². The molecule has 46 heavy (non-hydrogen) atoms. The molecule has 1 amide bonds. The van der Waals surface area contributed by atoms with Gasteiger partial charge in [-0.05, 0) is 63.6 Å². The normalized spacial score (nSPS) is 15.0. The third kappa shape index (κ3) is 12.8. The number of phenols is 1. The number of alkyl carbamates (subject to hydrolysis) is 1. The molecule has 12 nitrogen and oxygen atoms in total. The van der Waals surface area contributed by atoms with Crippen LogP contribution in [-0.2, 0) is 28.5 Å². The van der Waals surface area contributed by atoms with Crippen molar-refractivity contribution in [3.8, 4) is 11.5 Å². The first-order valence-electron chi connectivity index (χ1n) is 14.9. The number of rotatable bonds is 17. The molecule has 1 aliphatic heterocycles. The number of carbonyl (C=O) groups excluding carboxylic acids is 2. The molecular formula is C33H42N2O10S. The quantitative estimate of drug-likeness (QED) is 0.145. The van der Waals surface area contributed by atoms with Gasteiger partial charge in [0.15, 0.2) is 11.5 Å². The van der Waals surface area contributed by atoms with Crippen molar-refractivity contribution >= 4 is 40.6 Å². The van der Waals surface area contributed by atoms with Crippen LogP contribution in [0.4, 0.5) is 10.5 Å². The lowest BCUT2D eigenvalue weighted by Gasteiger charge is -2.19. The molecule has 1 heterocycles. The second-order valence-electron chi connectivity index (χ2n) is 10.6.